The molecular formula is C13H15N5O3. The van der Waals surface area contributed by atoms with Crippen molar-refractivity contribution in [2.24, 2.45) is 0 Å². The lowest BCUT2D eigenvalue weighted by Crippen LogP contribution is -2.15. The topological polar surface area (TPSA) is 114 Å². The van der Waals surface area contributed by atoms with E-state index in [1.807, 2.05) is 13.8 Å². The van der Waals surface area contributed by atoms with E-state index in [9.17, 15) is 14.9 Å². The Morgan fingerprint density at radius 3 is 2.71 bits per heavy atom. The number of carbonyl (C=O) groups is 1. The van der Waals surface area contributed by atoms with Crippen molar-refractivity contribution in [1.82, 2.24) is 15.2 Å². The number of aromatic nitrogens is 3. The van der Waals surface area contributed by atoms with E-state index in [0.29, 0.717) is 5.82 Å². The standard InChI is InChI=1S/C13H15N5O3/c1-7(2)11-15-12(17-16-11)13(19)14-9-6-8(3)4-5-10(9)18(20)21/h4-7H,1-3H3,(H,14,19)(H,15,16,17). The molecule has 8 nitrogen and oxygen atoms in total. The van der Waals surface area contributed by atoms with Crippen molar-refractivity contribution >= 4 is 17.3 Å². The number of amides is 1. The highest BCUT2D eigenvalue weighted by Gasteiger charge is 2.19. The SMILES string of the molecule is Cc1ccc([N+](=O)[O-])c(NC(=O)c2n[nH]c(C(C)C)n2)c1. The molecule has 0 aliphatic carbocycles. The van der Waals surface area contributed by atoms with Gasteiger partial charge in [-0.25, -0.2) is 4.98 Å². The maximum Gasteiger partial charge on any atom is 0.295 e. The number of nitrogens with zero attached hydrogens (tertiary/aromatic N) is 3. The van der Waals surface area contributed by atoms with E-state index in [1.54, 1.807) is 13.0 Å². The summed E-state index contributed by atoms with van der Waals surface area (Å²) in [6.45, 7) is 5.60. The van der Waals surface area contributed by atoms with Gasteiger partial charge in [0.25, 0.3) is 11.6 Å². The van der Waals surface area contributed by atoms with Gasteiger partial charge in [0.2, 0.25) is 5.82 Å². The minimum Gasteiger partial charge on any atom is -0.313 e. The number of aromatic amines is 1. The maximum absolute atomic E-state index is 12.1. The van der Waals surface area contributed by atoms with Gasteiger partial charge in [-0.3, -0.25) is 20.0 Å². The van der Waals surface area contributed by atoms with Gasteiger partial charge in [0.15, 0.2) is 0 Å². The first-order valence-corrected chi connectivity index (χ1v) is 6.37. The Morgan fingerprint density at radius 1 is 1.43 bits per heavy atom. The molecule has 1 aromatic heterocycles. The molecule has 0 saturated carbocycles. The summed E-state index contributed by atoms with van der Waals surface area (Å²) in [6.07, 6.45) is 0. The molecule has 0 fully saturated rings. The first kappa shape index (κ1) is 14.6. The minimum atomic E-state index is -0.591. The molecule has 110 valence electrons. The van der Waals surface area contributed by atoms with Crippen LogP contribution in [0.2, 0.25) is 0 Å². The minimum absolute atomic E-state index is 0.0468. The van der Waals surface area contributed by atoms with Crippen LogP contribution in [-0.4, -0.2) is 26.0 Å². The highest BCUT2D eigenvalue weighted by molar-refractivity contribution is 6.02. The third-order valence-corrected chi connectivity index (χ3v) is 2.85. The summed E-state index contributed by atoms with van der Waals surface area (Å²) < 4.78 is 0. The van der Waals surface area contributed by atoms with Gasteiger partial charge >= 0.3 is 0 Å². The summed E-state index contributed by atoms with van der Waals surface area (Å²) in [5, 5.41) is 19.9. The van der Waals surface area contributed by atoms with E-state index in [-0.39, 0.29) is 23.1 Å². The molecule has 8 heteroatoms. The zero-order valence-corrected chi connectivity index (χ0v) is 11.9. The average molecular weight is 289 g/mol. The molecule has 2 aromatic rings. The van der Waals surface area contributed by atoms with Gasteiger partial charge in [-0.05, 0) is 18.6 Å². The van der Waals surface area contributed by atoms with Gasteiger partial charge in [-0.2, -0.15) is 0 Å². The molecule has 0 bridgehead atoms. The van der Waals surface area contributed by atoms with Crippen LogP contribution in [0, 0.1) is 17.0 Å². The molecule has 0 aliphatic rings. The van der Waals surface area contributed by atoms with Crippen LogP contribution in [0.5, 0.6) is 0 Å². The van der Waals surface area contributed by atoms with Crippen molar-refractivity contribution in [2.75, 3.05) is 5.32 Å². The summed E-state index contributed by atoms with van der Waals surface area (Å²) in [5.74, 6) is 0.0487. The zero-order valence-electron chi connectivity index (χ0n) is 11.9. The fourth-order valence-corrected chi connectivity index (χ4v) is 1.72. The molecule has 0 spiro atoms. The van der Waals surface area contributed by atoms with Crippen LogP contribution in [-0.2, 0) is 0 Å². The van der Waals surface area contributed by atoms with Crippen molar-refractivity contribution < 1.29 is 9.72 Å². The Kier molecular flexibility index (Phi) is 3.97. The van der Waals surface area contributed by atoms with Crippen molar-refractivity contribution in [2.45, 2.75) is 26.7 Å². The summed E-state index contributed by atoms with van der Waals surface area (Å²) in [4.78, 5) is 26.5. The molecular weight excluding hydrogens is 274 g/mol. The first-order chi connectivity index (χ1) is 9.88. The summed E-state index contributed by atoms with van der Waals surface area (Å²) in [7, 11) is 0. The predicted molar refractivity (Wildman–Crippen MR) is 76.3 cm³/mol. The molecule has 1 aromatic carbocycles. The van der Waals surface area contributed by atoms with Gasteiger partial charge in [-0.15, -0.1) is 5.10 Å². The number of rotatable bonds is 4. The first-order valence-electron chi connectivity index (χ1n) is 6.37. The number of hydrogen-bond donors (Lipinski definition) is 2. The normalized spacial score (nSPS) is 10.7. The number of anilines is 1. The monoisotopic (exact) mass is 289 g/mol. The number of benzene rings is 1. The van der Waals surface area contributed by atoms with Crippen LogP contribution in [0.1, 0.15) is 41.8 Å². The van der Waals surface area contributed by atoms with E-state index < -0.39 is 10.8 Å². The summed E-state index contributed by atoms with van der Waals surface area (Å²) in [5.41, 5.74) is 0.753. The van der Waals surface area contributed by atoms with E-state index in [0.717, 1.165) is 5.56 Å². The van der Waals surface area contributed by atoms with Gasteiger partial charge in [-0.1, -0.05) is 19.9 Å². The highest BCUT2D eigenvalue weighted by atomic mass is 16.6. The fourth-order valence-electron chi connectivity index (χ4n) is 1.72. The lowest BCUT2D eigenvalue weighted by molar-refractivity contribution is -0.383. The molecule has 0 radical (unpaired) electrons. The van der Waals surface area contributed by atoms with Crippen LogP contribution < -0.4 is 5.32 Å². The lowest BCUT2D eigenvalue weighted by Gasteiger charge is -2.04. The van der Waals surface area contributed by atoms with Crippen molar-refractivity contribution in [3.05, 3.63) is 45.5 Å². The van der Waals surface area contributed by atoms with E-state index in [1.165, 1.54) is 12.1 Å². The Labute approximate surface area is 120 Å². The number of aryl methyl sites for hydroxylation is 1. The fraction of sp³-hybridized carbons (Fsp3) is 0.308. The molecule has 0 saturated heterocycles. The number of hydrogen-bond acceptors (Lipinski definition) is 5. The molecule has 1 heterocycles. The molecule has 21 heavy (non-hydrogen) atoms. The van der Waals surface area contributed by atoms with E-state index in [2.05, 4.69) is 20.5 Å². The Bertz CT molecular complexity index is 693. The number of nitro benzene ring substituents is 1. The smallest absolute Gasteiger partial charge is 0.295 e. The predicted octanol–water partition coefficient (Wildman–Crippen LogP) is 2.40. The Morgan fingerprint density at radius 2 is 2.14 bits per heavy atom. The van der Waals surface area contributed by atoms with Crippen LogP contribution in [0.15, 0.2) is 18.2 Å². The van der Waals surface area contributed by atoms with Crippen molar-refractivity contribution in [1.29, 1.82) is 0 Å². The van der Waals surface area contributed by atoms with Crippen LogP contribution >= 0.6 is 0 Å². The maximum atomic E-state index is 12.1. The largest absolute Gasteiger partial charge is 0.313 e. The molecule has 2 rings (SSSR count). The summed E-state index contributed by atoms with van der Waals surface area (Å²) >= 11 is 0. The third-order valence-electron chi connectivity index (χ3n) is 2.85. The number of nitro groups is 1. The van der Waals surface area contributed by atoms with Crippen LogP contribution in [0.3, 0.4) is 0 Å². The van der Waals surface area contributed by atoms with E-state index in [4.69, 9.17) is 0 Å². The molecule has 0 aliphatic heterocycles. The van der Waals surface area contributed by atoms with Gasteiger partial charge < -0.3 is 5.32 Å². The molecule has 2 N–H and O–H groups in total. The van der Waals surface area contributed by atoms with Gasteiger partial charge in [0.1, 0.15) is 11.5 Å². The second kappa shape index (κ2) is 5.70. The lowest BCUT2D eigenvalue weighted by atomic mass is 10.2. The van der Waals surface area contributed by atoms with Crippen molar-refractivity contribution in [3.8, 4) is 0 Å². The zero-order chi connectivity index (χ0) is 15.6. The van der Waals surface area contributed by atoms with Gasteiger partial charge in [0.05, 0.1) is 4.92 Å². The average Bonchev–Trinajstić information content (AvgIpc) is 2.88. The summed E-state index contributed by atoms with van der Waals surface area (Å²) in [6, 6.07) is 4.49. The molecule has 0 atom stereocenters. The quantitative estimate of drug-likeness (QED) is 0.662. The highest BCUT2D eigenvalue weighted by Crippen LogP contribution is 2.25. The number of nitrogens with one attached hydrogen (secondary N) is 2. The Hall–Kier alpha value is -2.77. The number of carbonyl (C=O) groups excluding carboxylic acids is 1. The second-order valence-electron chi connectivity index (χ2n) is 4.93. The third kappa shape index (κ3) is 3.22. The molecule has 1 amide bonds. The Balaban J connectivity index is 2.26. The van der Waals surface area contributed by atoms with Crippen LogP contribution in [0.25, 0.3) is 0 Å². The van der Waals surface area contributed by atoms with Crippen LogP contribution in [0.4, 0.5) is 11.4 Å². The van der Waals surface area contributed by atoms with E-state index >= 15 is 0 Å². The number of H-pyrrole nitrogens is 1. The second-order valence-corrected chi connectivity index (χ2v) is 4.93. The van der Waals surface area contributed by atoms with Gasteiger partial charge in [0, 0.05) is 12.0 Å². The van der Waals surface area contributed by atoms with Crippen molar-refractivity contribution in [3.63, 3.8) is 0 Å². The molecule has 0 unspecified atom stereocenters.